The Labute approximate surface area is 132 Å². The second kappa shape index (κ2) is 5.64. The Hall–Kier alpha value is -1.62. The van der Waals surface area contributed by atoms with Gasteiger partial charge in [-0.2, -0.15) is 0 Å². The molecule has 0 bridgehead atoms. The predicted molar refractivity (Wildman–Crippen MR) is 84.5 cm³/mol. The van der Waals surface area contributed by atoms with Gasteiger partial charge in [0.25, 0.3) is 5.91 Å². The van der Waals surface area contributed by atoms with E-state index in [1.54, 1.807) is 0 Å². The fourth-order valence-corrected chi connectivity index (χ4v) is 3.25. The lowest BCUT2D eigenvalue weighted by Gasteiger charge is -2.16. The van der Waals surface area contributed by atoms with Gasteiger partial charge in [0.05, 0.1) is 5.69 Å². The summed E-state index contributed by atoms with van der Waals surface area (Å²) in [5.74, 6) is 1.22. The van der Waals surface area contributed by atoms with E-state index in [1.807, 2.05) is 25.1 Å². The van der Waals surface area contributed by atoms with Gasteiger partial charge in [0, 0.05) is 16.5 Å². The molecule has 0 radical (unpaired) electrons. The quantitative estimate of drug-likeness (QED) is 0.887. The fourth-order valence-electron chi connectivity index (χ4n) is 2.66. The van der Waals surface area contributed by atoms with Gasteiger partial charge in [-0.1, -0.05) is 18.1 Å². The smallest absolute Gasteiger partial charge is 0.278 e. The van der Waals surface area contributed by atoms with Crippen molar-refractivity contribution in [2.45, 2.75) is 33.1 Å². The minimum atomic E-state index is -0.210. The van der Waals surface area contributed by atoms with Crippen molar-refractivity contribution in [2.75, 3.05) is 5.32 Å². The highest BCUT2D eigenvalue weighted by molar-refractivity contribution is 9.10. The number of carbonyl (C=O) groups is 1. The van der Waals surface area contributed by atoms with Gasteiger partial charge in [0.15, 0.2) is 5.69 Å². The number of hydrogen-bond acceptors (Lipinski definition) is 3. The Bertz CT molecular complexity index is 694. The lowest BCUT2D eigenvalue weighted by atomic mass is 9.88. The zero-order chi connectivity index (χ0) is 15.0. The summed E-state index contributed by atoms with van der Waals surface area (Å²) < 4.78 is 6.18. The number of rotatable bonds is 2. The van der Waals surface area contributed by atoms with Crippen LogP contribution in [0.1, 0.15) is 40.7 Å². The first-order valence-electron chi connectivity index (χ1n) is 7.09. The Morgan fingerprint density at radius 3 is 3.05 bits per heavy atom. The summed E-state index contributed by atoms with van der Waals surface area (Å²) >= 11 is 3.46. The molecule has 0 saturated carbocycles. The zero-order valence-electron chi connectivity index (χ0n) is 12.1. The number of aryl methyl sites for hydroxylation is 2. The number of nitrogens with zero attached hydrogens (tertiary/aromatic N) is 1. The van der Waals surface area contributed by atoms with Crippen LogP contribution in [0.3, 0.4) is 0 Å². The summed E-state index contributed by atoms with van der Waals surface area (Å²) in [6.07, 6.45) is 2.81. The molecule has 0 unspecified atom stereocenters. The third-order valence-corrected chi connectivity index (χ3v) is 4.53. The van der Waals surface area contributed by atoms with Crippen LogP contribution in [-0.2, 0) is 12.8 Å². The fraction of sp³-hybridized carbons (Fsp3) is 0.375. The van der Waals surface area contributed by atoms with Gasteiger partial charge in [-0.25, -0.2) is 0 Å². The molecule has 110 valence electrons. The largest absolute Gasteiger partial charge is 0.360 e. The van der Waals surface area contributed by atoms with Crippen LogP contribution in [0.4, 0.5) is 5.69 Å². The van der Waals surface area contributed by atoms with Crippen molar-refractivity contribution < 1.29 is 9.32 Å². The predicted octanol–water partition coefficient (Wildman–Crippen LogP) is 4.12. The Balaban J connectivity index is 1.85. The molecule has 21 heavy (non-hydrogen) atoms. The number of halogens is 1. The zero-order valence-corrected chi connectivity index (χ0v) is 13.7. The standard InChI is InChI=1S/C16H17BrN2O2/c1-9-4-6-14-11(7-9)15(19-21-14)16(20)18-13-5-3-10(2)8-12(13)17/h3,5,8-9H,4,6-7H2,1-2H3,(H,18,20)/t9-/m0/s1. The first-order chi connectivity index (χ1) is 10.0. The summed E-state index contributed by atoms with van der Waals surface area (Å²) in [5, 5.41) is 6.87. The van der Waals surface area contributed by atoms with Crippen molar-refractivity contribution in [1.82, 2.24) is 5.16 Å². The molecule has 1 aromatic carbocycles. The highest BCUT2D eigenvalue weighted by Gasteiger charge is 2.27. The number of anilines is 1. The molecule has 1 aliphatic rings. The maximum atomic E-state index is 12.4. The SMILES string of the molecule is Cc1ccc(NC(=O)c2noc3c2C[C@@H](C)CC3)c(Br)c1. The van der Waals surface area contributed by atoms with Crippen LogP contribution in [0.25, 0.3) is 0 Å². The first kappa shape index (κ1) is 14.3. The highest BCUT2D eigenvalue weighted by atomic mass is 79.9. The normalized spacial score (nSPS) is 17.4. The summed E-state index contributed by atoms with van der Waals surface area (Å²) in [6, 6.07) is 5.81. The number of carbonyl (C=O) groups excluding carboxylic acids is 1. The third-order valence-electron chi connectivity index (χ3n) is 3.87. The molecule has 4 nitrogen and oxygen atoms in total. The molecule has 1 aliphatic carbocycles. The van der Waals surface area contributed by atoms with Crippen molar-refractivity contribution in [3.63, 3.8) is 0 Å². The van der Waals surface area contributed by atoms with E-state index in [4.69, 9.17) is 4.52 Å². The Morgan fingerprint density at radius 2 is 2.29 bits per heavy atom. The van der Waals surface area contributed by atoms with E-state index in [9.17, 15) is 4.79 Å². The summed E-state index contributed by atoms with van der Waals surface area (Å²) in [5.41, 5.74) is 3.26. The highest BCUT2D eigenvalue weighted by Crippen LogP contribution is 2.29. The van der Waals surface area contributed by atoms with E-state index in [2.05, 4.69) is 33.3 Å². The van der Waals surface area contributed by atoms with E-state index in [0.717, 1.165) is 46.3 Å². The maximum Gasteiger partial charge on any atom is 0.278 e. The van der Waals surface area contributed by atoms with Crippen LogP contribution < -0.4 is 5.32 Å². The molecule has 0 spiro atoms. The molecule has 0 fully saturated rings. The number of aromatic nitrogens is 1. The van der Waals surface area contributed by atoms with Crippen LogP contribution in [0.15, 0.2) is 27.2 Å². The number of fused-ring (bicyclic) bond motifs is 1. The van der Waals surface area contributed by atoms with Crippen LogP contribution >= 0.6 is 15.9 Å². The van der Waals surface area contributed by atoms with Crippen molar-refractivity contribution in [3.8, 4) is 0 Å². The molecular weight excluding hydrogens is 332 g/mol. The average Bonchev–Trinajstić information content (AvgIpc) is 2.85. The molecule has 0 saturated heterocycles. The van der Waals surface area contributed by atoms with E-state index >= 15 is 0 Å². The summed E-state index contributed by atoms with van der Waals surface area (Å²) in [4.78, 5) is 12.4. The molecular formula is C16H17BrN2O2. The molecule has 2 aromatic rings. The maximum absolute atomic E-state index is 12.4. The molecule has 0 aliphatic heterocycles. The van der Waals surface area contributed by atoms with Crippen molar-refractivity contribution in [3.05, 3.63) is 45.3 Å². The van der Waals surface area contributed by atoms with E-state index in [-0.39, 0.29) is 5.91 Å². The number of benzene rings is 1. The second-order valence-electron chi connectivity index (χ2n) is 5.72. The number of amides is 1. The first-order valence-corrected chi connectivity index (χ1v) is 7.89. The lowest BCUT2D eigenvalue weighted by Crippen LogP contribution is -2.18. The summed E-state index contributed by atoms with van der Waals surface area (Å²) in [7, 11) is 0. The van der Waals surface area contributed by atoms with Crippen LogP contribution in [0.2, 0.25) is 0 Å². The minimum Gasteiger partial charge on any atom is -0.360 e. The Morgan fingerprint density at radius 1 is 1.48 bits per heavy atom. The van der Waals surface area contributed by atoms with Gasteiger partial charge in [-0.3, -0.25) is 4.79 Å². The average molecular weight is 349 g/mol. The molecule has 1 atom stereocenters. The monoisotopic (exact) mass is 348 g/mol. The van der Waals surface area contributed by atoms with Crippen molar-refractivity contribution >= 4 is 27.5 Å². The van der Waals surface area contributed by atoms with Crippen molar-refractivity contribution in [2.24, 2.45) is 5.92 Å². The molecule has 3 rings (SSSR count). The third kappa shape index (κ3) is 2.88. The molecule has 1 aromatic heterocycles. The van der Waals surface area contributed by atoms with Crippen molar-refractivity contribution in [1.29, 1.82) is 0 Å². The second-order valence-corrected chi connectivity index (χ2v) is 6.57. The molecule has 1 heterocycles. The van der Waals surface area contributed by atoms with Gasteiger partial charge in [-0.15, -0.1) is 0 Å². The topological polar surface area (TPSA) is 55.1 Å². The van der Waals surface area contributed by atoms with E-state index in [0.29, 0.717) is 11.6 Å². The Kier molecular flexibility index (Phi) is 3.85. The van der Waals surface area contributed by atoms with Crippen LogP contribution in [-0.4, -0.2) is 11.1 Å². The van der Waals surface area contributed by atoms with Gasteiger partial charge in [-0.05, 0) is 59.3 Å². The van der Waals surface area contributed by atoms with E-state index < -0.39 is 0 Å². The van der Waals surface area contributed by atoms with Crippen LogP contribution in [0, 0.1) is 12.8 Å². The summed E-state index contributed by atoms with van der Waals surface area (Å²) in [6.45, 7) is 4.19. The lowest BCUT2D eigenvalue weighted by molar-refractivity contribution is 0.101. The molecule has 1 N–H and O–H groups in total. The van der Waals surface area contributed by atoms with Gasteiger partial charge in [0.2, 0.25) is 0 Å². The number of nitrogens with one attached hydrogen (secondary N) is 1. The van der Waals surface area contributed by atoms with Crippen LogP contribution in [0.5, 0.6) is 0 Å². The van der Waals surface area contributed by atoms with Gasteiger partial charge < -0.3 is 9.84 Å². The molecule has 1 amide bonds. The molecule has 5 heteroatoms. The minimum absolute atomic E-state index is 0.210. The van der Waals surface area contributed by atoms with E-state index in [1.165, 1.54) is 0 Å². The van der Waals surface area contributed by atoms with Gasteiger partial charge in [0.1, 0.15) is 5.76 Å². The van der Waals surface area contributed by atoms with Gasteiger partial charge >= 0.3 is 0 Å². The number of hydrogen-bond donors (Lipinski definition) is 1.